The molecule has 1 aliphatic heterocycles. The Bertz CT molecular complexity index is 762. The van der Waals surface area contributed by atoms with E-state index in [2.05, 4.69) is 5.32 Å². The molecule has 0 radical (unpaired) electrons. The number of rotatable bonds is 8. The molecular formula is C21H26F3NO3. The summed E-state index contributed by atoms with van der Waals surface area (Å²) in [6, 6.07) is 5.04. The predicted molar refractivity (Wildman–Crippen MR) is 99.5 cm³/mol. The molecule has 0 atom stereocenters. The number of halogens is 3. The Morgan fingerprint density at radius 1 is 1.18 bits per heavy atom. The molecule has 1 heterocycles. The summed E-state index contributed by atoms with van der Waals surface area (Å²) in [6.07, 6.45) is -1.53. The topological polar surface area (TPSA) is 55.4 Å². The third kappa shape index (κ3) is 4.75. The fourth-order valence-corrected chi connectivity index (χ4v) is 3.72. The Morgan fingerprint density at radius 2 is 1.82 bits per heavy atom. The predicted octanol–water partition coefficient (Wildman–Crippen LogP) is 4.58. The third-order valence-electron chi connectivity index (χ3n) is 4.91. The first-order chi connectivity index (χ1) is 13.1. The van der Waals surface area contributed by atoms with E-state index in [1.54, 1.807) is 13.0 Å². The van der Waals surface area contributed by atoms with Crippen molar-refractivity contribution < 1.29 is 27.5 Å². The number of nitrogens with one attached hydrogen (secondary N) is 1. The highest BCUT2D eigenvalue weighted by molar-refractivity contribution is 6.07. The van der Waals surface area contributed by atoms with Crippen LogP contribution < -0.4 is 5.32 Å². The van der Waals surface area contributed by atoms with Gasteiger partial charge in [-0.15, -0.1) is 0 Å². The van der Waals surface area contributed by atoms with Gasteiger partial charge in [-0.2, -0.15) is 13.2 Å². The highest BCUT2D eigenvalue weighted by Gasteiger charge is 2.47. The zero-order valence-electron chi connectivity index (χ0n) is 16.4. The van der Waals surface area contributed by atoms with Crippen LogP contribution in [0.2, 0.25) is 0 Å². The molecule has 1 aromatic rings. The van der Waals surface area contributed by atoms with Gasteiger partial charge in [0.25, 0.3) is 5.91 Å². The van der Waals surface area contributed by atoms with Gasteiger partial charge in [0.05, 0.1) is 11.1 Å². The molecule has 0 aliphatic carbocycles. The quantitative estimate of drug-likeness (QED) is 0.654. The lowest BCUT2D eigenvalue weighted by molar-refractivity contribution is -0.148. The number of benzene rings is 1. The number of hydrogen-bond acceptors (Lipinski definition) is 3. The van der Waals surface area contributed by atoms with Crippen LogP contribution in [-0.2, 0) is 26.9 Å². The minimum atomic E-state index is -4.40. The summed E-state index contributed by atoms with van der Waals surface area (Å²) in [5.74, 6) is -0.873. The highest BCUT2D eigenvalue weighted by atomic mass is 19.4. The van der Waals surface area contributed by atoms with E-state index in [1.165, 1.54) is 6.07 Å². The SMILES string of the molecule is CCCC1(CCC)OC(=O)C(C)=C1C(=O)NCCc1cccc(C(F)(F)F)c1. The molecule has 0 aromatic heterocycles. The molecule has 1 aliphatic rings. The molecule has 1 aromatic carbocycles. The molecule has 2 rings (SSSR count). The number of hydrogen-bond donors (Lipinski definition) is 1. The normalized spacial score (nSPS) is 16.3. The van der Waals surface area contributed by atoms with Crippen LogP contribution in [0, 0.1) is 0 Å². The fourth-order valence-electron chi connectivity index (χ4n) is 3.72. The van der Waals surface area contributed by atoms with Crippen molar-refractivity contribution in [1.82, 2.24) is 5.32 Å². The first-order valence-electron chi connectivity index (χ1n) is 9.53. The third-order valence-corrected chi connectivity index (χ3v) is 4.91. The Balaban J connectivity index is 2.10. The van der Waals surface area contributed by atoms with E-state index in [0.717, 1.165) is 25.0 Å². The number of esters is 1. The number of cyclic esters (lactones) is 1. The summed E-state index contributed by atoms with van der Waals surface area (Å²) in [5.41, 5.74) is -0.489. The molecule has 4 nitrogen and oxygen atoms in total. The molecule has 154 valence electrons. The standard InChI is InChI=1S/C21H26F3NO3/c1-4-10-20(11-5-2)17(14(3)19(27)28-20)18(26)25-12-9-15-7-6-8-16(13-15)21(22,23)24/h6-8,13H,4-5,9-12H2,1-3H3,(H,25,26). The van der Waals surface area contributed by atoms with Gasteiger partial charge in [0.15, 0.2) is 0 Å². The van der Waals surface area contributed by atoms with E-state index >= 15 is 0 Å². The second-order valence-corrected chi connectivity index (χ2v) is 7.09. The van der Waals surface area contributed by atoms with E-state index in [0.29, 0.717) is 29.6 Å². The van der Waals surface area contributed by atoms with Crippen LogP contribution in [0.25, 0.3) is 0 Å². The van der Waals surface area contributed by atoms with Crippen molar-refractivity contribution in [2.45, 2.75) is 64.7 Å². The molecule has 0 saturated carbocycles. The maximum atomic E-state index is 12.8. The summed E-state index contributed by atoms with van der Waals surface area (Å²) in [4.78, 5) is 24.9. The Labute approximate surface area is 163 Å². The number of alkyl halides is 3. The number of carbonyl (C=O) groups excluding carboxylic acids is 2. The van der Waals surface area contributed by atoms with Gasteiger partial charge in [-0.05, 0) is 37.8 Å². The molecule has 0 bridgehead atoms. The maximum absolute atomic E-state index is 12.8. The van der Waals surface area contributed by atoms with Gasteiger partial charge in [0, 0.05) is 12.1 Å². The van der Waals surface area contributed by atoms with Gasteiger partial charge in [-0.3, -0.25) is 4.79 Å². The Hall–Kier alpha value is -2.31. The van der Waals surface area contributed by atoms with Crippen LogP contribution in [0.1, 0.15) is 57.6 Å². The molecule has 1 amide bonds. The molecule has 0 unspecified atom stereocenters. The van der Waals surface area contributed by atoms with E-state index in [9.17, 15) is 22.8 Å². The molecule has 0 fully saturated rings. The van der Waals surface area contributed by atoms with Crippen LogP contribution in [0.5, 0.6) is 0 Å². The lowest BCUT2D eigenvalue weighted by atomic mass is 9.83. The minimum absolute atomic E-state index is 0.166. The first-order valence-corrected chi connectivity index (χ1v) is 9.53. The van der Waals surface area contributed by atoms with E-state index in [1.807, 2.05) is 13.8 Å². The average molecular weight is 397 g/mol. The van der Waals surface area contributed by atoms with Crippen molar-refractivity contribution in [2.24, 2.45) is 0 Å². The molecule has 0 saturated heterocycles. The Kier molecular flexibility index (Phi) is 6.91. The van der Waals surface area contributed by atoms with Crippen LogP contribution in [0.3, 0.4) is 0 Å². The summed E-state index contributed by atoms with van der Waals surface area (Å²) in [7, 11) is 0. The van der Waals surface area contributed by atoms with Gasteiger partial charge in [-0.25, -0.2) is 4.79 Å². The zero-order valence-corrected chi connectivity index (χ0v) is 16.4. The second-order valence-electron chi connectivity index (χ2n) is 7.09. The highest BCUT2D eigenvalue weighted by Crippen LogP contribution is 2.40. The number of ether oxygens (including phenoxy) is 1. The smallest absolute Gasteiger partial charge is 0.416 e. The van der Waals surface area contributed by atoms with Crippen LogP contribution in [0.15, 0.2) is 35.4 Å². The van der Waals surface area contributed by atoms with Gasteiger partial charge in [-0.1, -0.05) is 44.9 Å². The van der Waals surface area contributed by atoms with E-state index in [4.69, 9.17) is 4.74 Å². The van der Waals surface area contributed by atoms with Crippen molar-refractivity contribution in [2.75, 3.05) is 6.54 Å². The summed E-state index contributed by atoms with van der Waals surface area (Å²) < 4.78 is 44.0. The number of amides is 1. The fraction of sp³-hybridized carbons (Fsp3) is 0.524. The maximum Gasteiger partial charge on any atom is 0.416 e. The first kappa shape index (κ1) is 22.0. The van der Waals surface area contributed by atoms with Gasteiger partial charge < -0.3 is 10.1 Å². The van der Waals surface area contributed by atoms with Gasteiger partial charge in [0.2, 0.25) is 0 Å². The summed E-state index contributed by atoms with van der Waals surface area (Å²) in [5, 5.41) is 2.74. The lowest BCUT2D eigenvalue weighted by Crippen LogP contribution is -2.40. The van der Waals surface area contributed by atoms with Crippen molar-refractivity contribution in [3.8, 4) is 0 Å². The van der Waals surface area contributed by atoms with Crippen LogP contribution in [-0.4, -0.2) is 24.0 Å². The van der Waals surface area contributed by atoms with Crippen molar-refractivity contribution in [3.63, 3.8) is 0 Å². The zero-order chi connectivity index (χ0) is 20.9. The Morgan fingerprint density at radius 3 is 2.39 bits per heavy atom. The van der Waals surface area contributed by atoms with Crippen LogP contribution >= 0.6 is 0 Å². The minimum Gasteiger partial charge on any atom is -0.451 e. The second kappa shape index (κ2) is 8.80. The molecule has 7 heteroatoms. The summed E-state index contributed by atoms with van der Waals surface area (Å²) in [6.45, 7) is 5.67. The van der Waals surface area contributed by atoms with Crippen molar-refractivity contribution in [1.29, 1.82) is 0 Å². The van der Waals surface area contributed by atoms with Gasteiger partial charge in [0.1, 0.15) is 5.60 Å². The lowest BCUT2D eigenvalue weighted by Gasteiger charge is -2.30. The van der Waals surface area contributed by atoms with Crippen LogP contribution in [0.4, 0.5) is 13.2 Å². The van der Waals surface area contributed by atoms with Crippen molar-refractivity contribution >= 4 is 11.9 Å². The summed E-state index contributed by atoms with van der Waals surface area (Å²) >= 11 is 0. The molecular weight excluding hydrogens is 371 g/mol. The average Bonchev–Trinajstić information content (AvgIpc) is 2.85. The molecule has 28 heavy (non-hydrogen) atoms. The molecule has 1 N–H and O–H groups in total. The monoisotopic (exact) mass is 397 g/mol. The van der Waals surface area contributed by atoms with Gasteiger partial charge >= 0.3 is 12.1 Å². The van der Waals surface area contributed by atoms with Crippen molar-refractivity contribution in [3.05, 3.63) is 46.5 Å². The molecule has 0 spiro atoms. The van der Waals surface area contributed by atoms with E-state index < -0.39 is 29.2 Å². The van der Waals surface area contributed by atoms with E-state index in [-0.39, 0.29) is 13.0 Å². The number of carbonyl (C=O) groups is 2. The largest absolute Gasteiger partial charge is 0.451 e.